The molecule has 0 saturated heterocycles. The van der Waals surface area contributed by atoms with E-state index >= 15 is 0 Å². The second-order valence-electron chi connectivity index (χ2n) is 5.63. The van der Waals surface area contributed by atoms with Gasteiger partial charge in [-0.25, -0.2) is 0 Å². The van der Waals surface area contributed by atoms with Crippen molar-refractivity contribution in [3.8, 4) is 0 Å². The lowest BCUT2D eigenvalue weighted by Gasteiger charge is -2.18. The first-order valence-corrected chi connectivity index (χ1v) is 7.85. The first kappa shape index (κ1) is 14.5. The highest BCUT2D eigenvalue weighted by atomic mass is 79.9. The van der Waals surface area contributed by atoms with Crippen molar-refractivity contribution in [2.75, 3.05) is 0 Å². The van der Waals surface area contributed by atoms with Crippen LogP contribution in [0.5, 0.6) is 0 Å². The Morgan fingerprint density at radius 1 is 1.11 bits per heavy atom. The van der Waals surface area contributed by atoms with Crippen LogP contribution in [-0.4, -0.2) is 5.78 Å². The predicted molar refractivity (Wildman–Crippen MR) is 85.2 cm³/mol. The average molecular weight is 337 g/mol. The van der Waals surface area contributed by atoms with Gasteiger partial charge in [0.1, 0.15) is 0 Å². The lowest BCUT2D eigenvalue weighted by atomic mass is 9.86. The minimum absolute atomic E-state index is 0.125. The summed E-state index contributed by atoms with van der Waals surface area (Å²) in [6.07, 6.45) is 0.477. The molecular formula is C16H17BrOS. The van der Waals surface area contributed by atoms with E-state index in [2.05, 4.69) is 48.8 Å². The van der Waals surface area contributed by atoms with Gasteiger partial charge in [-0.1, -0.05) is 45.0 Å². The Bertz CT molecular complexity index is 576. The summed E-state index contributed by atoms with van der Waals surface area (Å²) in [5.74, 6) is 0.176. The molecule has 0 aliphatic carbocycles. The summed E-state index contributed by atoms with van der Waals surface area (Å²) in [5, 5.41) is 0. The van der Waals surface area contributed by atoms with Crippen molar-refractivity contribution in [2.24, 2.45) is 0 Å². The number of hydrogen-bond acceptors (Lipinski definition) is 2. The zero-order valence-corrected chi connectivity index (χ0v) is 13.8. The number of benzene rings is 1. The number of hydrogen-bond donors (Lipinski definition) is 0. The van der Waals surface area contributed by atoms with Crippen LogP contribution >= 0.6 is 27.3 Å². The Morgan fingerprint density at radius 3 is 2.21 bits per heavy atom. The maximum Gasteiger partial charge on any atom is 0.168 e. The van der Waals surface area contributed by atoms with Crippen LogP contribution in [0.15, 0.2) is 40.2 Å². The third-order valence-electron chi connectivity index (χ3n) is 3.04. The summed E-state index contributed by atoms with van der Waals surface area (Å²) in [5.41, 5.74) is 2.17. The van der Waals surface area contributed by atoms with Crippen LogP contribution in [0.25, 0.3) is 0 Å². The molecule has 0 radical (unpaired) electrons. The molecule has 1 heterocycles. The van der Waals surface area contributed by atoms with Gasteiger partial charge in [-0.15, -0.1) is 11.3 Å². The molecule has 0 saturated carbocycles. The maximum absolute atomic E-state index is 12.2. The molecule has 1 nitrogen and oxygen atoms in total. The number of halogens is 1. The molecule has 0 aliphatic heterocycles. The smallest absolute Gasteiger partial charge is 0.168 e. The largest absolute Gasteiger partial charge is 0.294 e. The number of rotatable bonds is 3. The molecule has 0 unspecified atom stereocenters. The standard InChI is InChI=1S/C16H17BrOS/c1-16(2,3)12-6-4-11(5-7-12)14(18)10-13-8-9-15(17)19-13/h4-9H,10H2,1-3H3. The van der Waals surface area contributed by atoms with Crippen LogP contribution in [-0.2, 0) is 11.8 Å². The Morgan fingerprint density at radius 2 is 1.74 bits per heavy atom. The molecule has 1 aromatic carbocycles. The number of Topliss-reactive ketones (excluding diaryl/α,β-unsaturated/α-hetero) is 1. The van der Waals surface area contributed by atoms with Crippen molar-refractivity contribution in [2.45, 2.75) is 32.6 Å². The number of ketones is 1. The van der Waals surface area contributed by atoms with E-state index in [0.717, 1.165) is 14.2 Å². The van der Waals surface area contributed by atoms with Crippen LogP contribution in [0.2, 0.25) is 0 Å². The van der Waals surface area contributed by atoms with E-state index in [0.29, 0.717) is 6.42 Å². The number of carbonyl (C=O) groups is 1. The van der Waals surface area contributed by atoms with Gasteiger partial charge in [0.25, 0.3) is 0 Å². The minimum atomic E-state index is 0.125. The van der Waals surface area contributed by atoms with Crippen molar-refractivity contribution in [3.63, 3.8) is 0 Å². The van der Waals surface area contributed by atoms with Crippen molar-refractivity contribution in [3.05, 3.63) is 56.2 Å². The molecule has 0 bridgehead atoms. The van der Waals surface area contributed by atoms with E-state index in [1.54, 1.807) is 11.3 Å². The molecule has 0 amide bonds. The van der Waals surface area contributed by atoms with Gasteiger partial charge in [-0.3, -0.25) is 4.79 Å². The number of thiophene rings is 1. The molecule has 2 aromatic rings. The summed E-state index contributed by atoms with van der Waals surface area (Å²) in [7, 11) is 0. The molecule has 3 heteroatoms. The highest BCUT2D eigenvalue weighted by Crippen LogP contribution is 2.25. The van der Waals surface area contributed by atoms with Gasteiger partial charge in [-0.2, -0.15) is 0 Å². The fraction of sp³-hybridized carbons (Fsp3) is 0.312. The SMILES string of the molecule is CC(C)(C)c1ccc(C(=O)Cc2ccc(Br)s2)cc1. The highest BCUT2D eigenvalue weighted by Gasteiger charge is 2.14. The Labute approximate surface area is 126 Å². The Balaban J connectivity index is 2.12. The van der Waals surface area contributed by atoms with Crippen LogP contribution in [0, 0.1) is 0 Å². The molecule has 0 N–H and O–H groups in total. The highest BCUT2D eigenvalue weighted by molar-refractivity contribution is 9.11. The van der Waals surface area contributed by atoms with Gasteiger partial charge in [0.2, 0.25) is 0 Å². The van der Waals surface area contributed by atoms with Gasteiger partial charge in [0.15, 0.2) is 5.78 Å². The molecule has 100 valence electrons. The van der Waals surface area contributed by atoms with E-state index in [1.807, 2.05) is 24.3 Å². The van der Waals surface area contributed by atoms with Crippen molar-refractivity contribution < 1.29 is 4.79 Å². The van der Waals surface area contributed by atoms with Gasteiger partial charge in [-0.05, 0) is 39.0 Å². The summed E-state index contributed by atoms with van der Waals surface area (Å²) in [6.45, 7) is 6.52. The zero-order valence-electron chi connectivity index (χ0n) is 11.4. The topological polar surface area (TPSA) is 17.1 Å². The maximum atomic E-state index is 12.2. The lowest BCUT2D eigenvalue weighted by Crippen LogP contribution is -2.11. The molecule has 0 atom stereocenters. The molecule has 2 rings (SSSR count). The van der Waals surface area contributed by atoms with E-state index in [9.17, 15) is 4.79 Å². The summed E-state index contributed by atoms with van der Waals surface area (Å²) in [6, 6.07) is 12.0. The molecular weight excluding hydrogens is 320 g/mol. The number of carbonyl (C=O) groups excluding carboxylic acids is 1. The quantitative estimate of drug-likeness (QED) is 0.701. The van der Waals surface area contributed by atoms with E-state index < -0.39 is 0 Å². The van der Waals surface area contributed by atoms with Gasteiger partial charge in [0.05, 0.1) is 3.79 Å². The molecule has 0 aliphatic rings. The third-order valence-corrected chi connectivity index (χ3v) is 4.66. The zero-order chi connectivity index (χ0) is 14.0. The Hall–Kier alpha value is -0.930. The fourth-order valence-corrected chi connectivity index (χ4v) is 3.34. The van der Waals surface area contributed by atoms with E-state index in [1.165, 1.54) is 5.56 Å². The average Bonchev–Trinajstić information content (AvgIpc) is 2.74. The van der Waals surface area contributed by atoms with Crippen molar-refractivity contribution >= 4 is 33.0 Å². The fourth-order valence-electron chi connectivity index (χ4n) is 1.86. The lowest BCUT2D eigenvalue weighted by molar-refractivity contribution is 0.0994. The van der Waals surface area contributed by atoms with Gasteiger partial charge in [0, 0.05) is 16.9 Å². The summed E-state index contributed by atoms with van der Waals surface area (Å²) in [4.78, 5) is 13.3. The molecule has 0 spiro atoms. The summed E-state index contributed by atoms with van der Waals surface area (Å²) < 4.78 is 1.07. The second-order valence-corrected chi connectivity index (χ2v) is 8.18. The third kappa shape index (κ3) is 3.77. The van der Waals surface area contributed by atoms with E-state index in [-0.39, 0.29) is 11.2 Å². The van der Waals surface area contributed by atoms with Crippen molar-refractivity contribution in [1.29, 1.82) is 0 Å². The first-order chi connectivity index (χ1) is 8.86. The van der Waals surface area contributed by atoms with Crippen LogP contribution in [0.3, 0.4) is 0 Å². The molecule has 19 heavy (non-hydrogen) atoms. The van der Waals surface area contributed by atoms with Crippen LogP contribution in [0.1, 0.15) is 41.6 Å². The molecule has 0 fully saturated rings. The predicted octanol–water partition coefficient (Wildman–Crippen LogP) is 5.23. The second kappa shape index (κ2) is 5.59. The first-order valence-electron chi connectivity index (χ1n) is 6.24. The summed E-state index contributed by atoms with van der Waals surface area (Å²) >= 11 is 5.03. The van der Waals surface area contributed by atoms with E-state index in [4.69, 9.17) is 0 Å². The molecule has 1 aromatic heterocycles. The van der Waals surface area contributed by atoms with Crippen molar-refractivity contribution in [1.82, 2.24) is 0 Å². The normalized spacial score (nSPS) is 11.6. The van der Waals surface area contributed by atoms with Crippen LogP contribution in [0.4, 0.5) is 0 Å². The van der Waals surface area contributed by atoms with Crippen LogP contribution < -0.4 is 0 Å². The monoisotopic (exact) mass is 336 g/mol. The van der Waals surface area contributed by atoms with Gasteiger partial charge < -0.3 is 0 Å². The minimum Gasteiger partial charge on any atom is -0.294 e. The van der Waals surface area contributed by atoms with Gasteiger partial charge >= 0.3 is 0 Å². The Kier molecular flexibility index (Phi) is 4.26.